The number of nitrogens with zero attached hydrogens (tertiary/aromatic N) is 1. The summed E-state index contributed by atoms with van der Waals surface area (Å²) in [7, 11) is 1.53. The Morgan fingerprint density at radius 3 is 2.73 bits per heavy atom. The van der Waals surface area contributed by atoms with Crippen LogP contribution in [0.1, 0.15) is 0 Å². The monoisotopic (exact) mass is 201 g/mol. The van der Waals surface area contributed by atoms with Crippen LogP contribution in [0.25, 0.3) is 11.1 Å². The molecule has 15 heavy (non-hydrogen) atoms. The van der Waals surface area contributed by atoms with Crippen molar-refractivity contribution in [3.63, 3.8) is 0 Å². The minimum absolute atomic E-state index is 0.146. The van der Waals surface area contributed by atoms with Gasteiger partial charge in [-0.1, -0.05) is 18.2 Å². The van der Waals surface area contributed by atoms with Gasteiger partial charge < -0.3 is 9.84 Å². The summed E-state index contributed by atoms with van der Waals surface area (Å²) in [5.74, 6) is 0.615. The zero-order chi connectivity index (χ0) is 10.7. The first kappa shape index (κ1) is 9.52. The minimum Gasteiger partial charge on any atom is -0.504 e. The Bertz CT molecular complexity index is 454. The lowest BCUT2D eigenvalue weighted by Crippen LogP contribution is -1.86. The molecule has 3 heteroatoms. The van der Waals surface area contributed by atoms with Crippen LogP contribution in [0.2, 0.25) is 0 Å². The van der Waals surface area contributed by atoms with Gasteiger partial charge in [-0.05, 0) is 12.1 Å². The number of methoxy groups -OCH3 is 1. The summed E-state index contributed by atoms with van der Waals surface area (Å²) in [4.78, 5) is 4.01. The van der Waals surface area contributed by atoms with E-state index in [0.29, 0.717) is 5.75 Å². The Balaban J connectivity index is 2.54. The average Bonchev–Trinajstić information content (AvgIpc) is 2.30. The maximum absolute atomic E-state index is 9.89. The van der Waals surface area contributed by atoms with Crippen molar-refractivity contribution in [3.05, 3.63) is 42.7 Å². The lowest BCUT2D eigenvalue weighted by atomic mass is 10.1. The zero-order valence-electron chi connectivity index (χ0n) is 8.34. The van der Waals surface area contributed by atoms with Gasteiger partial charge in [-0.15, -0.1) is 0 Å². The van der Waals surface area contributed by atoms with Crippen molar-refractivity contribution in [2.75, 3.05) is 7.11 Å². The number of aromatic hydroxyl groups is 1. The predicted octanol–water partition coefficient (Wildman–Crippen LogP) is 2.46. The second-order valence-corrected chi connectivity index (χ2v) is 3.10. The van der Waals surface area contributed by atoms with Crippen molar-refractivity contribution in [3.8, 4) is 22.6 Å². The largest absolute Gasteiger partial charge is 0.504 e. The Morgan fingerprint density at radius 1 is 1.20 bits per heavy atom. The van der Waals surface area contributed by atoms with Gasteiger partial charge >= 0.3 is 0 Å². The Labute approximate surface area is 88.0 Å². The summed E-state index contributed by atoms with van der Waals surface area (Å²) < 4.78 is 5.04. The molecule has 0 aliphatic carbocycles. The van der Waals surface area contributed by atoms with Gasteiger partial charge in [-0.3, -0.25) is 4.98 Å². The maximum atomic E-state index is 9.89. The SMILES string of the molecule is COc1cccc(-c2cccnc2)c1O. The Hall–Kier alpha value is -2.03. The standard InChI is InChI=1S/C12H11NO2/c1-15-11-6-2-5-10(12(11)14)9-4-3-7-13-8-9/h2-8,14H,1H3. The van der Waals surface area contributed by atoms with Crippen molar-refractivity contribution in [2.45, 2.75) is 0 Å². The van der Waals surface area contributed by atoms with E-state index in [2.05, 4.69) is 4.98 Å². The van der Waals surface area contributed by atoms with Crippen LogP contribution < -0.4 is 4.74 Å². The topological polar surface area (TPSA) is 42.4 Å². The van der Waals surface area contributed by atoms with Crippen LogP contribution in [0.4, 0.5) is 0 Å². The molecule has 0 fully saturated rings. The van der Waals surface area contributed by atoms with Gasteiger partial charge in [0.25, 0.3) is 0 Å². The van der Waals surface area contributed by atoms with E-state index in [4.69, 9.17) is 4.74 Å². The van der Waals surface area contributed by atoms with Crippen LogP contribution in [-0.2, 0) is 0 Å². The third-order valence-corrected chi connectivity index (χ3v) is 2.19. The smallest absolute Gasteiger partial charge is 0.165 e. The van der Waals surface area contributed by atoms with Gasteiger partial charge in [0.05, 0.1) is 7.11 Å². The fourth-order valence-electron chi connectivity index (χ4n) is 1.44. The maximum Gasteiger partial charge on any atom is 0.165 e. The molecule has 0 saturated carbocycles. The van der Waals surface area contributed by atoms with E-state index in [1.54, 1.807) is 18.5 Å². The van der Waals surface area contributed by atoms with Crippen LogP contribution in [-0.4, -0.2) is 17.2 Å². The first-order valence-corrected chi connectivity index (χ1v) is 4.59. The van der Waals surface area contributed by atoms with Crippen molar-refractivity contribution in [2.24, 2.45) is 0 Å². The van der Waals surface area contributed by atoms with E-state index in [0.717, 1.165) is 11.1 Å². The number of hydrogen-bond acceptors (Lipinski definition) is 3. The molecule has 0 aliphatic heterocycles. The predicted molar refractivity (Wildman–Crippen MR) is 57.9 cm³/mol. The molecule has 0 unspecified atom stereocenters. The van der Waals surface area contributed by atoms with Crippen molar-refractivity contribution < 1.29 is 9.84 Å². The summed E-state index contributed by atoms with van der Waals surface area (Å²) in [6, 6.07) is 9.10. The molecule has 1 aromatic heterocycles. The highest BCUT2D eigenvalue weighted by Crippen LogP contribution is 2.36. The molecule has 3 nitrogen and oxygen atoms in total. The highest BCUT2D eigenvalue weighted by molar-refractivity contribution is 5.72. The normalized spacial score (nSPS) is 9.93. The van der Waals surface area contributed by atoms with E-state index in [1.807, 2.05) is 24.3 Å². The number of para-hydroxylation sites is 1. The van der Waals surface area contributed by atoms with Crippen LogP contribution in [0.5, 0.6) is 11.5 Å². The van der Waals surface area contributed by atoms with Gasteiger partial charge in [0.1, 0.15) is 0 Å². The minimum atomic E-state index is 0.146. The third kappa shape index (κ3) is 1.76. The molecule has 0 saturated heterocycles. The number of rotatable bonds is 2. The fourth-order valence-corrected chi connectivity index (χ4v) is 1.44. The van der Waals surface area contributed by atoms with Crippen LogP contribution in [0.3, 0.4) is 0 Å². The average molecular weight is 201 g/mol. The number of aromatic nitrogens is 1. The molecule has 76 valence electrons. The highest BCUT2D eigenvalue weighted by atomic mass is 16.5. The lowest BCUT2D eigenvalue weighted by Gasteiger charge is -2.07. The summed E-state index contributed by atoms with van der Waals surface area (Å²) in [6.07, 6.45) is 3.40. The molecule has 0 spiro atoms. The second kappa shape index (κ2) is 4.00. The summed E-state index contributed by atoms with van der Waals surface area (Å²) in [5, 5.41) is 9.89. The van der Waals surface area contributed by atoms with Crippen LogP contribution in [0.15, 0.2) is 42.7 Å². The molecular weight excluding hydrogens is 190 g/mol. The zero-order valence-corrected chi connectivity index (χ0v) is 8.34. The Morgan fingerprint density at radius 2 is 2.07 bits per heavy atom. The molecule has 0 bridgehead atoms. The van der Waals surface area contributed by atoms with E-state index in [1.165, 1.54) is 7.11 Å². The number of phenols is 1. The van der Waals surface area contributed by atoms with Gasteiger partial charge in [-0.2, -0.15) is 0 Å². The Kier molecular flexibility index (Phi) is 2.54. The van der Waals surface area contributed by atoms with Crippen molar-refractivity contribution in [1.29, 1.82) is 0 Å². The fraction of sp³-hybridized carbons (Fsp3) is 0.0833. The molecular formula is C12H11NO2. The molecule has 2 aromatic rings. The highest BCUT2D eigenvalue weighted by Gasteiger charge is 2.08. The molecule has 0 radical (unpaired) electrons. The number of hydrogen-bond donors (Lipinski definition) is 1. The number of benzene rings is 1. The van der Waals surface area contributed by atoms with Gasteiger partial charge in [0, 0.05) is 23.5 Å². The molecule has 0 atom stereocenters. The third-order valence-electron chi connectivity index (χ3n) is 2.19. The first-order valence-electron chi connectivity index (χ1n) is 4.59. The van der Waals surface area contributed by atoms with E-state index >= 15 is 0 Å². The lowest BCUT2D eigenvalue weighted by molar-refractivity contribution is 0.374. The van der Waals surface area contributed by atoms with Crippen LogP contribution >= 0.6 is 0 Å². The van der Waals surface area contributed by atoms with Crippen molar-refractivity contribution in [1.82, 2.24) is 4.98 Å². The molecule has 1 aromatic carbocycles. The summed E-state index contributed by atoms with van der Waals surface area (Å²) >= 11 is 0. The number of pyridine rings is 1. The van der Waals surface area contributed by atoms with Gasteiger partial charge in [0.15, 0.2) is 11.5 Å². The molecule has 0 amide bonds. The van der Waals surface area contributed by atoms with E-state index < -0.39 is 0 Å². The van der Waals surface area contributed by atoms with Crippen molar-refractivity contribution >= 4 is 0 Å². The quantitative estimate of drug-likeness (QED) is 0.811. The number of ether oxygens (including phenoxy) is 1. The van der Waals surface area contributed by atoms with E-state index in [-0.39, 0.29) is 5.75 Å². The summed E-state index contributed by atoms with van der Waals surface area (Å²) in [6.45, 7) is 0. The van der Waals surface area contributed by atoms with Crippen LogP contribution in [0, 0.1) is 0 Å². The van der Waals surface area contributed by atoms with Gasteiger partial charge in [-0.25, -0.2) is 0 Å². The molecule has 2 rings (SSSR count). The molecule has 0 aliphatic rings. The molecule has 1 heterocycles. The van der Waals surface area contributed by atoms with E-state index in [9.17, 15) is 5.11 Å². The number of phenolic OH excluding ortho intramolecular Hbond substituents is 1. The molecule has 1 N–H and O–H groups in total. The summed E-state index contributed by atoms with van der Waals surface area (Å²) in [5.41, 5.74) is 1.59. The van der Waals surface area contributed by atoms with Gasteiger partial charge in [0.2, 0.25) is 0 Å². The second-order valence-electron chi connectivity index (χ2n) is 3.10. The first-order chi connectivity index (χ1) is 7.33.